The summed E-state index contributed by atoms with van der Waals surface area (Å²) in [6, 6.07) is 15.0. The number of rotatable bonds is 7. The summed E-state index contributed by atoms with van der Waals surface area (Å²) in [6.45, 7) is 2.33. The molecule has 0 saturated carbocycles. The number of likely N-dealkylation sites (N-methyl/N-ethyl adjacent to an activating group) is 1. The largest absolute Gasteiger partial charge is 0.497 e. The van der Waals surface area contributed by atoms with Crippen LogP contribution in [0.2, 0.25) is 0 Å². The zero-order valence-electron chi connectivity index (χ0n) is 18.0. The highest BCUT2D eigenvalue weighted by Crippen LogP contribution is 2.31. The fraction of sp³-hybridized carbons (Fsp3) is 0.217. The van der Waals surface area contributed by atoms with Crippen LogP contribution in [0.25, 0.3) is 20.7 Å². The maximum absolute atomic E-state index is 12.6. The normalized spacial score (nSPS) is 11.1. The molecule has 0 radical (unpaired) electrons. The summed E-state index contributed by atoms with van der Waals surface area (Å²) in [7, 11) is 3.42. The summed E-state index contributed by atoms with van der Waals surface area (Å²) < 4.78 is 5.78. The van der Waals surface area contributed by atoms with Crippen molar-refractivity contribution in [3.63, 3.8) is 0 Å². The van der Waals surface area contributed by atoms with Gasteiger partial charge in [0.1, 0.15) is 22.1 Å². The Labute approximate surface area is 188 Å². The van der Waals surface area contributed by atoms with Gasteiger partial charge in [-0.1, -0.05) is 6.07 Å². The molecule has 4 aromatic rings. The Kier molecular flexibility index (Phi) is 6.29. The summed E-state index contributed by atoms with van der Waals surface area (Å²) in [4.78, 5) is 39.4. The topological polar surface area (TPSA) is 100 Å². The Hall–Kier alpha value is -3.56. The van der Waals surface area contributed by atoms with Gasteiger partial charge in [-0.15, -0.1) is 11.3 Å². The summed E-state index contributed by atoms with van der Waals surface area (Å²) >= 11 is 1.40. The van der Waals surface area contributed by atoms with Crippen molar-refractivity contribution in [2.45, 2.75) is 13.5 Å². The molecule has 0 atom stereocenters. The van der Waals surface area contributed by atoms with Crippen molar-refractivity contribution in [1.29, 1.82) is 0 Å². The minimum atomic E-state index is -0.189. The SMILES string of the molecule is COc1ccc(-c2cc3nc(CN(C)CC(=O)Nc4cccc(C)n4)[nH]c(=O)c3s2)cc1. The van der Waals surface area contributed by atoms with Gasteiger partial charge in [-0.2, -0.15) is 0 Å². The van der Waals surface area contributed by atoms with E-state index >= 15 is 0 Å². The fourth-order valence-corrected chi connectivity index (χ4v) is 4.31. The number of fused-ring (bicyclic) bond motifs is 1. The van der Waals surface area contributed by atoms with E-state index in [0.29, 0.717) is 28.4 Å². The lowest BCUT2D eigenvalue weighted by Crippen LogP contribution is -2.31. The fourth-order valence-electron chi connectivity index (χ4n) is 3.31. The van der Waals surface area contributed by atoms with Crippen LogP contribution in [0.3, 0.4) is 0 Å². The molecule has 32 heavy (non-hydrogen) atoms. The second-order valence-electron chi connectivity index (χ2n) is 7.45. The van der Waals surface area contributed by atoms with Gasteiger partial charge in [-0.25, -0.2) is 9.97 Å². The van der Waals surface area contributed by atoms with E-state index in [0.717, 1.165) is 21.9 Å². The number of aromatic nitrogens is 3. The number of hydrogen-bond acceptors (Lipinski definition) is 7. The summed E-state index contributed by atoms with van der Waals surface area (Å²) in [5, 5.41) is 2.78. The van der Waals surface area contributed by atoms with Crippen LogP contribution in [0, 0.1) is 6.92 Å². The van der Waals surface area contributed by atoms with Gasteiger partial charge in [0, 0.05) is 10.6 Å². The smallest absolute Gasteiger partial charge is 0.268 e. The molecular formula is C23H23N5O3S. The Morgan fingerprint density at radius 2 is 1.97 bits per heavy atom. The van der Waals surface area contributed by atoms with E-state index in [1.54, 1.807) is 25.1 Å². The summed E-state index contributed by atoms with van der Waals surface area (Å²) in [5.41, 5.74) is 2.28. The Morgan fingerprint density at radius 1 is 1.19 bits per heavy atom. The molecule has 0 aliphatic carbocycles. The van der Waals surface area contributed by atoms with Crippen LogP contribution in [-0.4, -0.2) is 46.5 Å². The van der Waals surface area contributed by atoms with E-state index in [2.05, 4.69) is 20.3 Å². The molecule has 0 fully saturated rings. The first-order chi connectivity index (χ1) is 15.4. The van der Waals surface area contributed by atoms with Gasteiger partial charge in [0.2, 0.25) is 5.91 Å². The van der Waals surface area contributed by atoms with Gasteiger partial charge >= 0.3 is 0 Å². The molecule has 0 saturated heterocycles. The zero-order valence-corrected chi connectivity index (χ0v) is 18.8. The number of H-pyrrole nitrogens is 1. The van der Waals surface area contributed by atoms with Crippen molar-refractivity contribution in [2.75, 3.05) is 26.0 Å². The van der Waals surface area contributed by atoms with Crippen LogP contribution in [0.5, 0.6) is 5.75 Å². The number of anilines is 1. The quantitative estimate of drug-likeness (QED) is 0.448. The average molecular weight is 450 g/mol. The third kappa shape index (κ3) is 5.01. The minimum absolute atomic E-state index is 0.137. The van der Waals surface area contributed by atoms with Crippen molar-refractivity contribution in [1.82, 2.24) is 19.9 Å². The molecule has 0 unspecified atom stereocenters. The average Bonchev–Trinajstić information content (AvgIpc) is 3.18. The van der Waals surface area contributed by atoms with Crippen LogP contribution in [0.1, 0.15) is 11.5 Å². The van der Waals surface area contributed by atoms with E-state index in [9.17, 15) is 9.59 Å². The summed E-state index contributed by atoms with van der Waals surface area (Å²) in [5.74, 6) is 1.61. The van der Waals surface area contributed by atoms with Gasteiger partial charge in [0.25, 0.3) is 5.56 Å². The van der Waals surface area contributed by atoms with Crippen LogP contribution in [-0.2, 0) is 11.3 Å². The molecule has 0 aliphatic heterocycles. The van der Waals surface area contributed by atoms with E-state index in [1.807, 2.05) is 49.4 Å². The van der Waals surface area contributed by atoms with Crippen molar-refractivity contribution >= 4 is 33.3 Å². The molecule has 3 heterocycles. The molecule has 4 rings (SSSR count). The number of benzene rings is 1. The van der Waals surface area contributed by atoms with Gasteiger partial charge in [0.05, 0.1) is 25.7 Å². The predicted molar refractivity (Wildman–Crippen MR) is 126 cm³/mol. The van der Waals surface area contributed by atoms with Crippen LogP contribution in [0.15, 0.2) is 53.3 Å². The number of carbonyl (C=O) groups is 1. The van der Waals surface area contributed by atoms with Crippen LogP contribution in [0.4, 0.5) is 5.82 Å². The number of aryl methyl sites for hydroxylation is 1. The highest BCUT2D eigenvalue weighted by molar-refractivity contribution is 7.22. The monoisotopic (exact) mass is 449 g/mol. The lowest BCUT2D eigenvalue weighted by Gasteiger charge is -2.15. The molecule has 1 aromatic carbocycles. The summed E-state index contributed by atoms with van der Waals surface area (Å²) in [6.07, 6.45) is 0. The molecule has 0 aliphatic rings. The second kappa shape index (κ2) is 9.29. The minimum Gasteiger partial charge on any atom is -0.497 e. The highest BCUT2D eigenvalue weighted by atomic mass is 32.1. The van der Waals surface area contributed by atoms with Crippen molar-refractivity contribution < 1.29 is 9.53 Å². The molecule has 0 spiro atoms. The number of ether oxygens (including phenoxy) is 1. The number of pyridine rings is 1. The number of amides is 1. The molecule has 0 bridgehead atoms. The van der Waals surface area contributed by atoms with Crippen LogP contribution >= 0.6 is 11.3 Å². The number of nitrogens with zero attached hydrogens (tertiary/aromatic N) is 3. The number of nitrogens with one attached hydrogen (secondary N) is 2. The third-order valence-electron chi connectivity index (χ3n) is 4.80. The molecule has 8 nitrogen and oxygen atoms in total. The Morgan fingerprint density at radius 3 is 2.69 bits per heavy atom. The third-order valence-corrected chi connectivity index (χ3v) is 5.97. The molecule has 3 aromatic heterocycles. The van der Waals surface area contributed by atoms with Crippen molar-refractivity contribution in [3.8, 4) is 16.2 Å². The lowest BCUT2D eigenvalue weighted by molar-refractivity contribution is -0.117. The molecule has 2 N–H and O–H groups in total. The van der Waals surface area contributed by atoms with Gasteiger partial charge in [0.15, 0.2) is 0 Å². The van der Waals surface area contributed by atoms with E-state index < -0.39 is 0 Å². The lowest BCUT2D eigenvalue weighted by atomic mass is 10.2. The second-order valence-corrected chi connectivity index (χ2v) is 8.50. The van der Waals surface area contributed by atoms with Gasteiger partial charge in [-0.3, -0.25) is 14.5 Å². The maximum Gasteiger partial charge on any atom is 0.268 e. The molecule has 9 heteroatoms. The number of carbonyl (C=O) groups excluding carboxylic acids is 1. The van der Waals surface area contributed by atoms with Crippen LogP contribution < -0.4 is 15.6 Å². The predicted octanol–water partition coefficient (Wildman–Crippen LogP) is 3.43. The van der Waals surface area contributed by atoms with Crippen molar-refractivity contribution in [3.05, 3.63) is 70.4 Å². The number of hydrogen-bond donors (Lipinski definition) is 2. The highest BCUT2D eigenvalue weighted by Gasteiger charge is 2.13. The van der Waals surface area contributed by atoms with Gasteiger partial charge < -0.3 is 15.0 Å². The van der Waals surface area contributed by atoms with E-state index in [-0.39, 0.29) is 18.0 Å². The standard InChI is InChI=1S/C23H23N5O3S/c1-14-5-4-6-19(24-14)26-21(29)13-28(2)12-20-25-17-11-18(32-22(17)23(30)27-20)15-7-9-16(31-3)10-8-15/h4-11H,12-13H2,1-3H3,(H,24,26,29)(H,25,27,30). The van der Waals surface area contributed by atoms with Crippen molar-refractivity contribution in [2.24, 2.45) is 0 Å². The first kappa shape index (κ1) is 21.7. The number of methoxy groups -OCH3 is 1. The molecule has 1 amide bonds. The van der Waals surface area contributed by atoms with E-state index in [4.69, 9.17) is 4.74 Å². The Bertz CT molecular complexity index is 1310. The molecule has 164 valence electrons. The molecular weight excluding hydrogens is 426 g/mol. The van der Waals surface area contributed by atoms with E-state index in [1.165, 1.54) is 11.3 Å². The zero-order chi connectivity index (χ0) is 22.7. The number of aromatic amines is 1. The first-order valence-electron chi connectivity index (χ1n) is 10.0. The number of thiophene rings is 1. The Balaban J connectivity index is 1.46. The maximum atomic E-state index is 12.6. The van der Waals surface area contributed by atoms with Gasteiger partial charge in [-0.05, 0) is 62.0 Å². The first-order valence-corrected chi connectivity index (χ1v) is 10.8.